The third kappa shape index (κ3) is 4.38. The molecule has 0 radical (unpaired) electrons. The fraction of sp³-hybridized carbons (Fsp3) is 0.611. The number of carbonyl (C=O) groups is 1. The highest BCUT2D eigenvalue weighted by Crippen LogP contribution is 2.34. The van der Waals surface area contributed by atoms with Gasteiger partial charge in [0, 0.05) is 32.9 Å². The molecule has 1 aliphatic rings. The molecule has 0 atom stereocenters. The van der Waals surface area contributed by atoms with E-state index < -0.39 is 11.2 Å². The van der Waals surface area contributed by atoms with Gasteiger partial charge < -0.3 is 19.6 Å². The minimum Gasteiger partial charge on any atom is -0.444 e. The fourth-order valence-electron chi connectivity index (χ4n) is 2.75. The Morgan fingerprint density at radius 2 is 1.87 bits per heavy atom. The lowest BCUT2D eigenvalue weighted by molar-refractivity contribution is -0.0356. The van der Waals surface area contributed by atoms with Crippen molar-refractivity contribution in [1.29, 1.82) is 0 Å². The van der Waals surface area contributed by atoms with Crippen LogP contribution in [0.2, 0.25) is 0 Å². The van der Waals surface area contributed by atoms with Crippen molar-refractivity contribution in [2.24, 2.45) is 0 Å². The van der Waals surface area contributed by atoms with Gasteiger partial charge in [0.25, 0.3) is 0 Å². The topological polar surface area (TPSA) is 53.0 Å². The normalized spacial score (nSPS) is 17.7. The van der Waals surface area contributed by atoms with E-state index in [0.717, 1.165) is 11.3 Å². The van der Waals surface area contributed by atoms with E-state index in [1.54, 1.807) is 4.90 Å². The van der Waals surface area contributed by atoms with E-state index in [4.69, 9.17) is 4.74 Å². The van der Waals surface area contributed by atoms with Gasteiger partial charge in [-0.05, 0) is 51.3 Å². The van der Waals surface area contributed by atoms with Crippen molar-refractivity contribution >= 4 is 11.8 Å². The highest BCUT2D eigenvalue weighted by atomic mass is 16.6. The number of anilines is 1. The first kappa shape index (κ1) is 17.6. The predicted molar refractivity (Wildman–Crippen MR) is 91.7 cm³/mol. The maximum absolute atomic E-state index is 12.1. The largest absolute Gasteiger partial charge is 0.444 e. The van der Waals surface area contributed by atoms with Crippen molar-refractivity contribution in [3.63, 3.8) is 0 Å². The minimum atomic E-state index is -0.884. The molecular weight excluding hydrogens is 292 g/mol. The monoisotopic (exact) mass is 320 g/mol. The van der Waals surface area contributed by atoms with Crippen LogP contribution in [0.3, 0.4) is 0 Å². The summed E-state index contributed by atoms with van der Waals surface area (Å²) in [5.74, 6) is 0. The van der Waals surface area contributed by atoms with Gasteiger partial charge >= 0.3 is 6.09 Å². The van der Waals surface area contributed by atoms with Gasteiger partial charge in [-0.25, -0.2) is 4.79 Å². The van der Waals surface area contributed by atoms with Gasteiger partial charge in [0.2, 0.25) is 0 Å². The third-order valence-corrected chi connectivity index (χ3v) is 4.14. The highest BCUT2D eigenvalue weighted by Gasteiger charge is 2.36. The van der Waals surface area contributed by atoms with Gasteiger partial charge in [-0.1, -0.05) is 12.1 Å². The lowest BCUT2D eigenvalue weighted by atomic mass is 9.84. The SMILES string of the molecule is CN(C)c1cccc(C2(O)CCN(C(=O)OC(C)(C)C)CC2)c1. The molecule has 1 N–H and O–H groups in total. The van der Waals surface area contributed by atoms with Crippen LogP contribution in [0.1, 0.15) is 39.2 Å². The number of nitrogens with zero attached hydrogens (tertiary/aromatic N) is 2. The molecule has 1 aromatic carbocycles. The molecule has 1 aliphatic heterocycles. The first-order valence-corrected chi connectivity index (χ1v) is 8.09. The molecule has 5 nitrogen and oxygen atoms in total. The number of aliphatic hydroxyl groups is 1. The van der Waals surface area contributed by atoms with Crippen LogP contribution in [0.25, 0.3) is 0 Å². The standard InChI is InChI=1S/C18H28N2O3/c1-17(2,3)23-16(21)20-11-9-18(22,10-12-20)14-7-6-8-15(13-14)19(4)5/h6-8,13,22H,9-12H2,1-5H3. The lowest BCUT2D eigenvalue weighted by Crippen LogP contribution is -2.46. The molecular formula is C18H28N2O3. The molecule has 0 saturated carbocycles. The van der Waals surface area contributed by atoms with Crippen molar-refractivity contribution in [3.8, 4) is 0 Å². The zero-order chi connectivity index (χ0) is 17.3. The molecule has 0 bridgehead atoms. The molecule has 5 heteroatoms. The van der Waals surface area contributed by atoms with Crippen LogP contribution in [0.4, 0.5) is 10.5 Å². The van der Waals surface area contributed by atoms with E-state index >= 15 is 0 Å². The van der Waals surface area contributed by atoms with Crippen LogP contribution in [-0.2, 0) is 10.3 Å². The Bertz CT molecular complexity index is 556. The Labute approximate surface area is 138 Å². The summed E-state index contributed by atoms with van der Waals surface area (Å²) in [5.41, 5.74) is 0.591. The number of rotatable bonds is 2. The molecule has 128 valence electrons. The Morgan fingerprint density at radius 1 is 1.26 bits per heavy atom. The molecule has 1 amide bonds. The maximum atomic E-state index is 12.1. The van der Waals surface area contributed by atoms with Crippen LogP contribution < -0.4 is 4.90 Å². The summed E-state index contributed by atoms with van der Waals surface area (Å²) in [5, 5.41) is 11.0. The molecule has 0 aliphatic carbocycles. The number of benzene rings is 1. The van der Waals surface area contributed by atoms with Gasteiger partial charge in [0.15, 0.2) is 0 Å². The molecule has 23 heavy (non-hydrogen) atoms. The zero-order valence-electron chi connectivity index (χ0n) is 14.8. The molecule has 2 rings (SSSR count). The zero-order valence-corrected chi connectivity index (χ0v) is 14.8. The second-order valence-electron chi connectivity index (χ2n) is 7.44. The summed E-state index contributed by atoms with van der Waals surface area (Å²) >= 11 is 0. The molecule has 1 fully saturated rings. The van der Waals surface area contributed by atoms with E-state index in [0.29, 0.717) is 25.9 Å². The van der Waals surface area contributed by atoms with E-state index in [1.807, 2.05) is 64.0 Å². The van der Waals surface area contributed by atoms with Crippen LogP contribution in [-0.4, -0.2) is 48.9 Å². The second kappa shape index (κ2) is 6.40. The molecule has 1 aromatic rings. The number of hydrogen-bond acceptors (Lipinski definition) is 4. The van der Waals surface area contributed by atoms with E-state index in [2.05, 4.69) is 0 Å². The van der Waals surface area contributed by atoms with Gasteiger partial charge in [0.1, 0.15) is 5.60 Å². The Balaban J connectivity index is 2.05. The van der Waals surface area contributed by atoms with Gasteiger partial charge in [-0.2, -0.15) is 0 Å². The Morgan fingerprint density at radius 3 is 2.39 bits per heavy atom. The quantitative estimate of drug-likeness (QED) is 0.910. The molecule has 0 unspecified atom stereocenters. The summed E-state index contributed by atoms with van der Waals surface area (Å²) in [4.78, 5) is 15.8. The van der Waals surface area contributed by atoms with Crippen molar-refractivity contribution in [1.82, 2.24) is 4.90 Å². The summed E-state index contributed by atoms with van der Waals surface area (Å²) in [6.07, 6.45) is 0.730. The molecule has 1 saturated heterocycles. The summed E-state index contributed by atoms with van der Waals surface area (Å²) in [6.45, 7) is 6.57. The predicted octanol–water partition coefficient (Wildman–Crippen LogP) is 2.97. The van der Waals surface area contributed by atoms with Crippen molar-refractivity contribution < 1.29 is 14.6 Å². The van der Waals surface area contributed by atoms with Crippen LogP contribution >= 0.6 is 0 Å². The van der Waals surface area contributed by atoms with Gasteiger partial charge in [0.05, 0.1) is 5.60 Å². The van der Waals surface area contributed by atoms with E-state index in [9.17, 15) is 9.90 Å². The number of likely N-dealkylation sites (tertiary alicyclic amines) is 1. The lowest BCUT2D eigenvalue weighted by Gasteiger charge is -2.39. The van der Waals surface area contributed by atoms with Crippen LogP contribution in [0, 0.1) is 0 Å². The third-order valence-electron chi connectivity index (χ3n) is 4.14. The Kier molecular flexibility index (Phi) is 4.90. The summed E-state index contributed by atoms with van der Waals surface area (Å²) in [7, 11) is 3.96. The number of hydrogen-bond donors (Lipinski definition) is 1. The fourth-order valence-corrected chi connectivity index (χ4v) is 2.75. The highest BCUT2D eigenvalue weighted by molar-refractivity contribution is 5.68. The van der Waals surface area contributed by atoms with Crippen molar-refractivity contribution in [2.75, 3.05) is 32.1 Å². The van der Waals surface area contributed by atoms with E-state index in [-0.39, 0.29) is 6.09 Å². The second-order valence-corrected chi connectivity index (χ2v) is 7.44. The van der Waals surface area contributed by atoms with Crippen LogP contribution in [0.15, 0.2) is 24.3 Å². The van der Waals surface area contributed by atoms with Crippen LogP contribution in [0.5, 0.6) is 0 Å². The molecule has 0 aromatic heterocycles. The maximum Gasteiger partial charge on any atom is 0.410 e. The van der Waals surface area contributed by atoms with E-state index in [1.165, 1.54) is 0 Å². The average molecular weight is 320 g/mol. The van der Waals surface area contributed by atoms with Crippen molar-refractivity contribution in [2.45, 2.75) is 44.8 Å². The van der Waals surface area contributed by atoms with Crippen molar-refractivity contribution in [3.05, 3.63) is 29.8 Å². The smallest absolute Gasteiger partial charge is 0.410 e. The first-order chi connectivity index (χ1) is 10.6. The average Bonchev–Trinajstić information content (AvgIpc) is 2.46. The summed E-state index contributed by atoms with van der Waals surface area (Å²) in [6, 6.07) is 7.95. The number of amides is 1. The Hall–Kier alpha value is -1.75. The number of ether oxygens (including phenoxy) is 1. The number of carbonyl (C=O) groups excluding carboxylic acids is 1. The first-order valence-electron chi connectivity index (χ1n) is 8.09. The molecule has 0 spiro atoms. The molecule has 1 heterocycles. The van der Waals surface area contributed by atoms with Gasteiger partial charge in [-0.15, -0.1) is 0 Å². The summed E-state index contributed by atoms with van der Waals surface area (Å²) < 4.78 is 5.40. The van der Waals surface area contributed by atoms with Gasteiger partial charge in [-0.3, -0.25) is 0 Å². The minimum absolute atomic E-state index is 0.304. The number of piperidine rings is 1.